The van der Waals surface area contributed by atoms with Crippen LogP contribution in [-0.4, -0.2) is 19.0 Å². The Labute approximate surface area is 150 Å². The molecule has 5 nitrogen and oxygen atoms in total. The van der Waals surface area contributed by atoms with Crippen LogP contribution in [0.25, 0.3) is 0 Å². The highest BCUT2D eigenvalue weighted by Gasteiger charge is 2.09. The lowest BCUT2D eigenvalue weighted by Gasteiger charge is -2.22. The van der Waals surface area contributed by atoms with E-state index in [-0.39, 0.29) is 5.91 Å². The van der Waals surface area contributed by atoms with E-state index in [1.807, 2.05) is 42.5 Å². The van der Waals surface area contributed by atoms with Crippen molar-refractivity contribution in [1.82, 2.24) is 0 Å². The van der Waals surface area contributed by atoms with Gasteiger partial charge in [0.2, 0.25) is 5.91 Å². The van der Waals surface area contributed by atoms with Crippen LogP contribution in [0.3, 0.4) is 0 Å². The zero-order valence-corrected chi connectivity index (χ0v) is 15.7. The van der Waals surface area contributed by atoms with E-state index in [0.717, 1.165) is 28.9 Å². The molecule has 0 fully saturated rings. The Kier molecular flexibility index (Phi) is 6.49. The summed E-state index contributed by atoms with van der Waals surface area (Å²) in [6.07, 6.45) is 0. The fourth-order valence-electron chi connectivity index (χ4n) is 2.33. The molecule has 0 aromatic heterocycles. The van der Waals surface area contributed by atoms with Crippen LogP contribution in [0.4, 0.5) is 22.7 Å². The normalized spacial score (nSPS) is 10.8. The first-order valence-corrected chi connectivity index (χ1v) is 8.67. The van der Waals surface area contributed by atoms with Gasteiger partial charge in [-0.2, -0.15) is 0 Å². The second kappa shape index (κ2) is 8.59. The molecule has 0 aliphatic heterocycles. The lowest BCUT2D eigenvalue weighted by molar-refractivity contribution is -0.114. The van der Waals surface area contributed by atoms with E-state index in [9.17, 15) is 4.79 Å². The molecular formula is C18H21BrN4O. The Balaban J connectivity index is 2.37. The highest BCUT2D eigenvalue weighted by atomic mass is 79.9. The zero-order chi connectivity index (χ0) is 17.5. The maximum atomic E-state index is 11.5. The Bertz CT molecular complexity index is 742. The first-order chi connectivity index (χ1) is 11.5. The van der Waals surface area contributed by atoms with Gasteiger partial charge in [-0.1, -0.05) is 12.1 Å². The minimum absolute atomic E-state index is 0.135. The number of amides is 1. The number of hydrogen-bond donors (Lipinski definition) is 1. The molecule has 2 aromatic carbocycles. The van der Waals surface area contributed by atoms with E-state index in [1.54, 1.807) is 0 Å². The van der Waals surface area contributed by atoms with Crippen molar-refractivity contribution in [2.24, 2.45) is 10.2 Å². The predicted molar refractivity (Wildman–Crippen MR) is 103 cm³/mol. The minimum Gasteiger partial charge on any atom is -0.372 e. The van der Waals surface area contributed by atoms with Gasteiger partial charge >= 0.3 is 0 Å². The molecule has 0 atom stereocenters. The molecular weight excluding hydrogens is 368 g/mol. The minimum atomic E-state index is -0.135. The van der Waals surface area contributed by atoms with Gasteiger partial charge in [-0.3, -0.25) is 4.79 Å². The standard InChI is InChI=1S/C18H21BrN4O/c1-4-23(5-2)14-10-11-17(18(12-14)20-13(3)24)22-21-16-9-7-6-8-15(16)19/h6-12H,4-5H2,1-3H3,(H,20,24). The van der Waals surface area contributed by atoms with Crippen LogP contribution in [0.5, 0.6) is 0 Å². The van der Waals surface area contributed by atoms with Crippen LogP contribution >= 0.6 is 15.9 Å². The summed E-state index contributed by atoms with van der Waals surface area (Å²) in [7, 11) is 0. The third kappa shape index (κ3) is 4.64. The number of carbonyl (C=O) groups excluding carboxylic acids is 1. The maximum absolute atomic E-state index is 11.5. The lowest BCUT2D eigenvalue weighted by atomic mass is 10.2. The van der Waals surface area contributed by atoms with Crippen molar-refractivity contribution in [3.8, 4) is 0 Å². The number of nitrogens with zero attached hydrogens (tertiary/aromatic N) is 3. The van der Waals surface area contributed by atoms with Gasteiger partial charge in [0.05, 0.1) is 11.4 Å². The van der Waals surface area contributed by atoms with Crippen molar-refractivity contribution >= 4 is 44.6 Å². The summed E-state index contributed by atoms with van der Waals surface area (Å²) in [6.45, 7) is 7.48. The Hall–Kier alpha value is -2.21. The van der Waals surface area contributed by atoms with Crippen LogP contribution < -0.4 is 10.2 Å². The first-order valence-electron chi connectivity index (χ1n) is 7.88. The molecule has 1 N–H and O–H groups in total. The first kappa shape index (κ1) is 18.1. The topological polar surface area (TPSA) is 57.1 Å². The van der Waals surface area contributed by atoms with Crippen molar-refractivity contribution in [3.63, 3.8) is 0 Å². The van der Waals surface area contributed by atoms with Crippen molar-refractivity contribution in [2.45, 2.75) is 20.8 Å². The zero-order valence-electron chi connectivity index (χ0n) is 14.1. The molecule has 0 spiro atoms. The van der Waals surface area contributed by atoms with E-state index in [0.29, 0.717) is 11.4 Å². The SMILES string of the molecule is CCN(CC)c1ccc(N=Nc2ccccc2Br)c(NC(C)=O)c1. The molecule has 0 saturated heterocycles. The monoisotopic (exact) mass is 388 g/mol. The molecule has 0 aliphatic carbocycles. The van der Waals surface area contributed by atoms with E-state index >= 15 is 0 Å². The number of nitrogens with one attached hydrogen (secondary N) is 1. The van der Waals surface area contributed by atoms with Gasteiger partial charge in [0.15, 0.2) is 0 Å². The van der Waals surface area contributed by atoms with E-state index in [2.05, 4.69) is 50.2 Å². The van der Waals surface area contributed by atoms with Gasteiger partial charge in [0, 0.05) is 30.2 Å². The van der Waals surface area contributed by atoms with Gasteiger partial charge in [0.25, 0.3) is 0 Å². The number of halogens is 1. The van der Waals surface area contributed by atoms with Crippen molar-refractivity contribution in [2.75, 3.05) is 23.3 Å². The van der Waals surface area contributed by atoms with Crippen LogP contribution in [0.2, 0.25) is 0 Å². The molecule has 0 heterocycles. The molecule has 0 radical (unpaired) electrons. The molecule has 24 heavy (non-hydrogen) atoms. The molecule has 0 aliphatic rings. The number of hydrogen-bond acceptors (Lipinski definition) is 4. The summed E-state index contributed by atoms with van der Waals surface area (Å²) >= 11 is 3.45. The second-order valence-electron chi connectivity index (χ2n) is 5.21. The smallest absolute Gasteiger partial charge is 0.221 e. The highest BCUT2D eigenvalue weighted by molar-refractivity contribution is 9.10. The summed E-state index contributed by atoms with van der Waals surface area (Å²) in [6, 6.07) is 13.4. The van der Waals surface area contributed by atoms with Crippen LogP contribution in [0.1, 0.15) is 20.8 Å². The van der Waals surface area contributed by atoms with Gasteiger partial charge in [-0.05, 0) is 60.1 Å². The summed E-state index contributed by atoms with van der Waals surface area (Å²) < 4.78 is 0.870. The predicted octanol–water partition coefficient (Wildman–Crippen LogP) is 5.67. The molecule has 6 heteroatoms. The number of anilines is 2. The van der Waals surface area contributed by atoms with E-state index < -0.39 is 0 Å². The molecule has 126 valence electrons. The summed E-state index contributed by atoms with van der Waals surface area (Å²) in [5, 5.41) is 11.4. The molecule has 0 unspecified atom stereocenters. The van der Waals surface area contributed by atoms with Gasteiger partial charge in [0.1, 0.15) is 5.69 Å². The number of benzene rings is 2. The summed E-state index contributed by atoms with van der Waals surface area (Å²) in [5.74, 6) is -0.135. The quantitative estimate of drug-likeness (QED) is 0.648. The fourth-order valence-corrected chi connectivity index (χ4v) is 2.69. The molecule has 0 bridgehead atoms. The molecule has 2 aromatic rings. The third-order valence-electron chi connectivity index (χ3n) is 3.54. The Morgan fingerprint density at radius 2 is 1.75 bits per heavy atom. The van der Waals surface area contributed by atoms with E-state index in [1.165, 1.54) is 6.92 Å². The van der Waals surface area contributed by atoms with E-state index in [4.69, 9.17) is 0 Å². The second-order valence-corrected chi connectivity index (χ2v) is 6.06. The van der Waals surface area contributed by atoms with Gasteiger partial charge in [-0.15, -0.1) is 10.2 Å². The lowest BCUT2D eigenvalue weighted by Crippen LogP contribution is -2.21. The van der Waals surface area contributed by atoms with Crippen molar-refractivity contribution < 1.29 is 4.79 Å². The molecule has 0 saturated carbocycles. The average molecular weight is 389 g/mol. The van der Waals surface area contributed by atoms with Crippen LogP contribution in [0, 0.1) is 0 Å². The summed E-state index contributed by atoms with van der Waals surface area (Å²) in [4.78, 5) is 13.7. The largest absolute Gasteiger partial charge is 0.372 e. The maximum Gasteiger partial charge on any atom is 0.221 e. The van der Waals surface area contributed by atoms with Gasteiger partial charge in [-0.25, -0.2) is 0 Å². The molecule has 1 amide bonds. The van der Waals surface area contributed by atoms with Gasteiger partial charge < -0.3 is 10.2 Å². The number of azo groups is 1. The van der Waals surface area contributed by atoms with Crippen molar-refractivity contribution in [3.05, 3.63) is 46.9 Å². The van der Waals surface area contributed by atoms with Crippen LogP contribution in [-0.2, 0) is 4.79 Å². The average Bonchev–Trinajstić information content (AvgIpc) is 2.56. The molecule has 2 rings (SSSR count). The Morgan fingerprint density at radius 3 is 2.38 bits per heavy atom. The number of rotatable bonds is 6. The Morgan fingerprint density at radius 1 is 1.08 bits per heavy atom. The fraction of sp³-hybridized carbons (Fsp3) is 0.278. The highest BCUT2D eigenvalue weighted by Crippen LogP contribution is 2.33. The summed E-state index contributed by atoms with van der Waals surface area (Å²) in [5.41, 5.74) is 3.06. The van der Waals surface area contributed by atoms with Crippen LogP contribution in [0.15, 0.2) is 57.2 Å². The third-order valence-corrected chi connectivity index (χ3v) is 4.21. The number of carbonyl (C=O) groups is 1. The van der Waals surface area contributed by atoms with Crippen molar-refractivity contribution in [1.29, 1.82) is 0 Å².